The largest absolute Gasteiger partial charge is 0.501 e. The Morgan fingerprint density at radius 3 is 2.18 bits per heavy atom. The first kappa shape index (κ1) is 42.9. The van der Waals surface area contributed by atoms with E-state index in [9.17, 15) is 0 Å². The molecule has 62 heavy (non-hydrogen) atoms. The first-order valence-corrected chi connectivity index (χ1v) is 24.5. The van der Waals surface area contributed by atoms with Gasteiger partial charge in [0.25, 0.3) is 0 Å². The van der Waals surface area contributed by atoms with Gasteiger partial charge in [-0.25, -0.2) is 4.39 Å². The molecule has 0 amide bonds. The fourth-order valence-corrected chi connectivity index (χ4v) is 9.32. The summed E-state index contributed by atoms with van der Waals surface area (Å²) in [7, 11) is 1.61. The van der Waals surface area contributed by atoms with Crippen molar-refractivity contribution < 1.29 is 28.9 Å². The van der Waals surface area contributed by atoms with Crippen LogP contribution in [-0.2, 0) is 25.5 Å². The molecule has 309 valence electrons. The van der Waals surface area contributed by atoms with Crippen LogP contribution in [0, 0.1) is 17.9 Å². The maximum atomic E-state index is 15.2. The third kappa shape index (κ3) is 8.26. The molecule has 0 aliphatic carbocycles. The van der Waals surface area contributed by atoms with Gasteiger partial charge in [0.05, 0.1) is 30.5 Å². The van der Waals surface area contributed by atoms with Crippen LogP contribution in [-0.4, -0.2) is 22.6 Å². The van der Waals surface area contributed by atoms with E-state index in [0.717, 1.165) is 60.8 Å². The van der Waals surface area contributed by atoms with Crippen molar-refractivity contribution in [2.24, 2.45) is 0 Å². The predicted octanol–water partition coefficient (Wildman–Crippen LogP) is 13.1. The number of furan rings is 1. The summed E-state index contributed by atoms with van der Waals surface area (Å²) < 4.78 is 24.0. The number of benzene rings is 7. The van der Waals surface area contributed by atoms with Gasteiger partial charge in [0, 0.05) is 48.4 Å². The summed E-state index contributed by atoms with van der Waals surface area (Å²) in [6.07, 6.45) is 2.02. The van der Waals surface area contributed by atoms with Crippen LogP contribution >= 0.6 is 9.24 Å². The van der Waals surface area contributed by atoms with Crippen LogP contribution in [0.2, 0.25) is 19.6 Å². The number of fused-ring (bicyclic) bond motifs is 4. The molecule has 10 rings (SSSR count). The molecule has 0 bridgehead atoms. The quantitative estimate of drug-likeness (QED) is 0.0908. The zero-order chi connectivity index (χ0) is 42.3. The minimum absolute atomic E-state index is 0. The van der Waals surface area contributed by atoms with Crippen LogP contribution in [0.3, 0.4) is 0 Å². The summed E-state index contributed by atoms with van der Waals surface area (Å²) in [5, 5.41) is 4.44. The van der Waals surface area contributed by atoms with Crippen LogP contribution in [0.25, 0.3) is 72.4 Å². The van der Waals surface area contributed by atoms with Gasteiger partial charge < -0.3 is 14.0 Å². The molecule has 0 saturated carbocycles. The van der Waals surface area contributed by atoms with Crippen molar-refractivity contribution in [1.82, 2.24) is 14.5 Å². The molecule has 1 atom stereocenters. The fraction of sp³-hybridized carbons (Fsp3) is 0.111. The number of aromatic nitrogens is 3. The maximum Gasteiger partial charge on any atom is 0.131 e. The van der Waals surface area contributed by atoms with Crippen LogP contribution in [0.4, 0.5) is 4.39 Å². The fourth-order valence-electron chi connectivity index (χ4n) is 7.92. The SMILES string of the molecule is CC(C)(c1ccccc1)c1ccc2c(c1)oc1c(-c3nc4ccccc4n3-c3ccc(F)c(-c4ccccc4)c3)[c-]cc(P)c12.C[Si](C)(C)c1ccc(-c2[c-]cccc2)nc1.[Ir]. The van der Waals surface area contributed by atoms with Crippen molar-refractivity contribution in [3.8, 4) is 39.5 Å². The average molecular weight is 1020 g/mol. The van der Waals surface area contributed by atoms with Crippen molar-refractivity contribution in [2.75, 3.05) is 0 Å². The van der Waals surface area contributed by atoms with Crippen LogP contribution < -0.4 is 10.5 Å². The van der Waals surface area contributed by atoms with Gasteiger partial charge in [-0.2, -0.15) is 9.24 Å². The first-order chi connectivity index (χ1) is 29.5. The minimum Gasteiger partial charge on any atom is -0.501 e. The van der Waals surface area contributed by atoms with Crippen LogP contribution in [0.15, 0.2) is 174 Å². The van der Waals surface area contributed by atoms with E-state index in [2.05, 4.69) is 119 Å². The Labute approximate surface area is 379 Å². The molecular formula is C54H45FIrN3OPSi-2. The van der Waals surface area contributed by atoms with Crippen molar-refractivity contribution in [3.63, 3.8) is 0 Å². The van der Waals surface area contributed by atoms with Gasteiger partial charge in [-0.1, -0.05) is 141 Å². The molecule has 1 radical (unpaired) electrons. The molecule has 0 N–H and O–H groups in total. The number of hydrogen-bond acceptors (Lipinski definition) is 3. The molecule has 0 spiro atoms. The number of para-hydroxylation sites is 2. The third-order valence-electron chi connectivity index (χ3n) is 11.5. The Kier molecular flexibility index (Phi) is 12.1. The molecule has 7 aromatic carbocycles. The molecule has 3 heterocycles. The van der Waals surface area contributed by atoms with E-state index in [-0.39, 0.29) is 31.3 Å². The van der Waals surface area contributed by atoms with Gasteiger partial charge in [0.2, 0.25) is 0 Å². The summed E-state index contributed by atoms with van der Waals surface area (Å²) in [4.78, 5) is 9.62. The van der Waals surface area contributed by atoms with Crippen molar-refractivity contribution in [1.29, 1.82) is 0 Å². The monoisotopic (exact) mass is 1020 g/mol. The summed E-state index contributed by atoms with van der Waals surface area (Å²) in [5.74, 6) is 0.407. The van der Waals surface area contributed by atoms with Crippen molar-refractivity contribution >= 4 is 60.8 Å². The number of halogens is 1. The van der Waals surface area contributed by atoms with Gasteiger partial charge >= 0.3 is 0 Å². The van der Waals surface area contributed by atoms with Crippen LogP contribution in [0.1, 0.15) is 25.0 Å². The van der Waals surface area contributed by atoms with E-state index in [1.165, 1.54) is 22.4 Å². The van der Waals surface area contributed by atoms with Gasteiger partial charge in [-0.15, -0.1) is 48.0 Å². The Morgan fingerprint density at radius 1 is 0.742 bits per heavy atom. The van der Waals surface area contributed by atoms with Crippen LogP contribution in [0.5, 0.6) is 0 Å². The number of nitrogens with zero attached hydrogens (tertiary/aromatic N) is 3. The van der Waals surface area contributed by atoms with Gasteiger partial charge in [0.15, 0.2) is 0 Å². The van der Waals surface area contributed by atoms with E-state index in [4.69, 9.17) is 9.40 Å². The Hall–Kier alpha value is -5.81. The Bertz CT molecular complexity index is 3160. The normalized spacial score (nSPS) is 11.7. The third-order valence-corrected chi connectivity index (χ3v) is 14.0. The molecule has 1 unspecified atom stereocenters. The summed E-state index contributed by atoms with van der Waals surface area (Å²) in [5.41, 5.74) is 10.4. The number of hydrogen-bond donors (Lipinski definition) is 0. The van der Waals surface area contributed by atoms with E-state index in [0.29, 0.717) is 17.0 Å². The minimum atomic E-state index is -1.23. The zero-order valence-electron chi connectivity index (χ0n) is 35.2. The molecular weight excluding hydrogens is 977 g/mol. The molecule has 4 nitrogen and oxygen atoms in total. The summed E-state index contributed by atoms with van der Waals surface area (Å²) in [6.45, 7) is 11.5. The van der Waals surface area contributed by atoms with Crippen molar-refractivity contribution in [3.05, 3.63) is 199 Å². The van der Waals surface area contributed by atoms with E-state index < -0.39 is 8.07 Å². The standard InChI is InChI=1S/C40H29FN2OP.C14H16NSi.Ir/c1-40(2,26-13-7-4-8-14-26)27-17-19-29-35(23-27)44-38-30(20-22-36(45)37(29)38)39-42-33-15-9-10-16-34(33)43(39)28-18-21-32(41)31(24-28)25-11-5-3-6-12-25;1-16(2,3)13-9-10-14(15-11-13)12-7-5-4-6-8-12;/h3-19,21-24H,45H2,1-2H3;4-7,9-11H,1-3H3;/q2*-1;. The first-order valence-electron chi connectivity index (χ1n) is 20.5. The number of imidazole rings is 1. The second kappa shape index (κ2) is 17.5. The summed E-state index contributed by atoms with van der Waals surface area (Å²) >= 11 is 0. The summed E-state index contributed by atoms with van der Waals surface area (Å²) in [6, 6.07) is 60.8. The molecule has 10 aromatic rings. The van der Waals surface area contributed by atoms with E-state index in [1.54, 1.807) is 6.07 Å². The Balaban J connectivity index is 0.000000263. The second-order valence-corrected chi connectivity index (χ2v) is 22.6. The van der Waals surface area contributed by atoms with Crippen molar-refractivity contribution in [2.45, 2.75) is 38.9 Å². The maximum absolute atomic E-state index is 15.2. The molecule has 3 aromatic heterocycles. The second-order valence-electron chi connectivity index (χ2n) is 16.9. The number of rotatable bonds is 7. The van der Waals surface area contributed by atoms with Gasteiger partial charge in [0.1, 0.15) is 11.4 Å². The number of pyridine rings is 1. The smallest absolute Gasteiger partial charge is 0.131 e. The topological polar surface area (TPSA) is 43.9 Å². The predicted molar refractivity (Wildman–Crippen MR) is 257 cm³/mol. The molecule has 8 heteroatoms. The molecule has 0 saturated heterocycles. The molecule has 0 aliphatic rings. The van der Waals surface area contributed by atoms with E-state index in [1.807, 2.05) is 103 Å². The molecule has 0 aliphatic heterocycles. The average Bonchev–Trinajstić information content (AvgIpc) is 3.87. The Morgan fingerprint density at radius 2 is 1.47 bits per heavy atom. The zero-order valence-corrected chi connectivity index (χ0v) is 39.8. The van der Waals surface area contributed by atoms with E-state index >= 15 is 4.39 Å². The van der Waals surface area contributed by atoms with Gasteiger partial charge in [-0.3, -0.25) is 4.98 Å². The molecule has 0 fully saturated rings. The van der Waals surface area contributed by atoms with Gasteiger partial charge in [-0.05, 0) is 69.4 Å².